The van der Waals surface area contributed by atoms with E-state index >= 15 is 0 Å². The van der Waals surface area contributed by atoms with Crippen molar-refractivity contribution < 1.29 is 4.39 Å². The maximum Gasteiger partial charge on any atom is 0.138 e. The molecule has 0 saturated heterocycles. The summed E-state index contributed by atoms with van der Waals surface area (Å²) in [6, 6.07) is 4.99. The van der Waals surface area contributed by atoms with Crippen LogP contribution >= 0.6 is 22.6 Å². The lowest BCUT2D eigenvalue weighted by molar-refractivity contribution is 0.618. The van der Waals surface area contributed by atoms with Crippen LogP contribution in [0.3, 0.4) is 0 Å². The molecule has 0 bridgehead atoms. The average molecular weight is 288 g/mol. The van der Waals surface area contributed by atoms with Gasteiger partial charge in [0.05, 0.1) is 15.6 Å². The van der Waals surface area contributed by atoms with Crippen LogP contribution in [-0.2, 0) is 0 Å². The molecule has 4 heteroatoms. The van der Waals surface area contributed by atoms with E-state index in [0.717, 1.165) is 5.69 Å². The maximum atomic E-state index is 13.1. The third kappa shape index (κ3) is 1.58. The molecule has 2 aromatic rings. The fourth-order valence-corrected chi connectivity index (χ4v) is 1.73. The van der Waals surface area contributed by atoms with Gasteiger partial charge in [-0.15, -0.1) is 0 Å². The number of hydrogen-bond donors (Lipinski definition) is 0. The molecule has 0 aliphatic rings. The van der Waals surface area contributed by atoms with Crippen molar-refractivity contribution in [1.29, 1.82) is 0 Å². The van der Waals surface area contributed by atoms with Crippen molar-refractivity contribution in [2.75, 3.05) is 0 Å². The van der Waals surface area contributed by atoms with Gasteiger partial charge >= 0.3 is 0 Å². The molecular weight excluding hydrogens is 282 g/mol. The summed E-state index contributed by atoms with van der Waals surface area (Å²) in [5.74, 6) is -0.202. The molecule has 0 radical (unpaired) electrons. The fourth-order valence-electron chi connectivity index (χ4n) is 1.09. The summed E-state index contributed by atoms with van der Waals surface area (Å²) in [5, 5.41) is 0. The zero-order chi connectivity index (χ0) is 9.26. The molecular formula is C9H6FIN2. The van der Waals surface area contributed by atoms with Gasteiger partial charge in [-0.05, 0) is 34.7 Å². The first-order valence-corrected chi connectivity index (χ1v) is 4.79. The third-order valence-electron chi connectivity index (χ3n) is 1.71. The monoisotopic (exact) mass is 288 g/mol. The van der Waals surface area contributed by atoms with Gasteiger partial charge in [-0.25, -0.2) is 9.37 Å². The molecule has 1 heterocycles. The molecule has 0 aliphatic carbocycles. The Bertz CT molecular complexity index is 412. The van der Waals surface area contributed by atoms with E-state index in [2.05, 4.69) is 4.98 Å². The average Bonchev–Trinajstić information content (AvgIpc) is 2.62. The van der Waals surface area contributed by atoms with Crippen LogP contribution in [0.25, 0.3) is 5.69 Å². The number of imidazole rings is 1. The fraction of sp³-hybridized carbons (Fsp3) is 0. The lowest BCUT2D eigenvalue weighted by Gasteiger charge is -2.04. The maximum absolute atomic E-state index is 13.1. The highest BCUT2D eigenvalue weighted by Gasteiger charge is 2.05. The topological polar surface area (TPSA) is 17.8 Å². The van der Waals surface area contributed by atoms with Crippen LogP contribution in [0.4, 0.5) is 4.39 Å². The standard InChI is InChI=1S/C9H6FIN2/c10-7-2-1-3-8(9(7)11)13-5-4-12-6-13/h1-6H. The number of hydrogen-bond acceptors (Lipinski definition) is 1. The van der Waals surface area contributed by atoms with E-state index in [4.69, 9.17) is 0 Å². The van der Waals surface area contributed by atoms with Crippen molar-refractivity contribution in [2.45, 2.75) is 0 Å². The van der Waals surface area contributed by atoms with Crippen molar-refractivity contribution in [3.05, 3.63) is 46.3 Å². The predicted octanol–water partition coefficient (Wildman–Crippen LogP) is 2.62. The summed E-state index contributed by atoms with van der Waals surface area (Å²) >= 11 is 1.98. The van der Waals surface area contributed by atoms with Crippen molar-refractivity contribution in [3.8, 4) is 5.69 Å². The molecule has 2 rings (SSSR count). The molecule has 66 valence electrons. The summed E-state index contributed by atoms with van der Waals surface area (Å²) in [6.45, 7) is 0. The molecule has 13 heavy (non-hydrogen) atoms. The van der Waals surface area contributed by atoms with Crippen LogP contribution in [0, 0.1) is 9.39 Å². The van der Waals surface area contributed by atoms with Gasteiger partial charge in [0.1, 0.15) is 5.82 Å². The lowest BCUT2D eigenvalue weighted by atomic mass is 10.3. The highest BCUT2D eigenvalue weighted by atomic mass is 127. The molecule has 0 fully saturated rings. The van der Waals surface area contributed by atoms with Gasteiger partial charge < -0.3 is 4.57 Å². The number of rotatable bonds is 1. The van der Waals surface area contributed by atoms with Gasteiger partial charge in [0.25, 0.3) is 0 Å². The molecule has 0 unspecified atom stereocenters. The number of benzene rings is 1. The van der Waals surface area contributed by atoms with Crippen LogP contribution in [0.15, 0.2) is 36.9 Å². The number of aromatic nitrogens is 2. The molecule has 0 N–H and O–H groups in total. The second-order valence-corrected chi connectivity index (χ2v) is 3.62. The lowest BCUT2D eigenvalue weighted by Crippen LogP contribution is -1.95. The second-order valence-electron chi connectivity index (χ2n) is 2.54. The first-order chi connectivity index (χ1) is 6.29. The van der Waals surface area contributed by atoms with Crippen molar-refractivity contribution in [1.82, 2.24) is 9.55 Å². The van der Waals surface area contributed by atoms with Crippen LogP contribution < -0.4 is 0 Å². The zero-order valence-corrected chi connectivity index (χ0v) is 8.77. The van der Waals surface area contributed by atoms with Crippen LogP contribution in [0.2, 0.25) is 0 Å². The van der Waals surface area contributed by atoms with E-state index < -0.39 is 0 Å². The quantitative estimate of drug-likeness (QED) is 0.738. The highest BCUT2D eigenvalue weighted by Crippen LogP contribution is 2.19. The van der Waals surface area contributed by atoms with Gasteiger partial charge in [0.2, 0.25) is 0 Å². The summed E-state index contributed by atoms with van der Waals surface area (Å²) in [7, 11) is 0. The van der Waals surface area contributed by atoms with E-state index in [1.807, 2.05) is 28.7 Å². The largest absolute Gasteiger partial charge is 0.305 e. The molecule has 1 aromatic carbocycles. The van der Waals surface area contributed by atoms with Crippen LogP contribution in [0.5, 0.6) is 0 Å². The molecule has 0 aliphatic heterocycles. The summed E-state index contributed by atoms with van der Waals surface area (Å²) in [6.07, 6.45) is 5.11. The van der Waals surface area contributed by atoms with Gasteiger partial charge in [0.15, 0.2) is 0 Å². The Morgan fingerprint density at radius 3 is 2.92 bits per heavy atom. The molecule has 1 aromatic heterocycles. The van der Waals surface area contributed by atoms with E-state index in [9.17, 15) is 4.39 Å². The smallest absolute Gasteiger partial charge is 0.138 e. The minimum atomic E-state index is -0.202. The van der Waals surface area contributed by atoms with Gasteiger partial charge in [-0.3, -0.25) is 0 Å². The normalized spacial score (nSPS) is 10.3. The van der Waals surface area contributed by atoms with E-state index in [-0.39, 0.29) is 5.82 Å². The Hall–Kier alpha value is -0.910. The molecule has 0 atom stereocenters. The number of halogens is 2. The van der Waals surface area contributed by atoms with Gasteiger partial charge in [0, 0.05) is 12.4 Å². The van der Waals surface area contributed by atoms with E-state index in [0.29, 0.717) is 3.57 Å². The summed E-state index contributed by atoms with van der Waals surface area (Å²) in [5.41, 5.74) is 0.818. The first-order valence-electron chi connectivity index (χ1n) is 3.71. The van der Waals surface area contributed by atoms with Gasteiger partial charge in [-0.2, -0.15) is 0 Å². The van der Waals surface area contributed by atoms with E-state index in [1.54, 1.807) is 29.4 Å². The first kappa shape index (κ1) is 8.68. The second kappa shape index (κ2) is 3.45. The minimum absolute atomic E-state index is 0.202. The Balaban J connectivity index is 2.59. The Kier molecular flexibility index (Phi) is 2.30. The van der Waals surface area contributed by atoms with Gasteiger partial charge in [-0.1, -0.05) is 6.07 Å². The Labute approximate surface area is 88.6 Å². The van der Waals surface area contributed by atoms with Crippen molar-refractivity contribution in [2.24, 2.45) is 0 Å². The SMILES string of the molecule is Fc1cccc(-n2ccnc2)c1I. The highest BCUT2D eigenvalue weighted by molar-refractivity contribution is 14.1. The Morgan fingerprint density at radius 1 is 1.38 bits per heavy atom. The minimum Gasteiger partial charge on any atom is -0.305 e. The molecule has 2 nitrogen and oxygen atoms in total. The van der Waals surface area contributed by atoms with E-state index in [1.165, 1.54) is 6.07 Å². The third-order valence-corrected chi connectivity index (χ3v) is 2.78. The van der Waals surface area contributed by atoms with Crippen molar-refractivity contribution >= 4 is 22.6 Å². The summed E-state index contributed by atoms with van der Waals surface area (Å²) in [4.78, 5) is 3.91. The molecule has 0 saturated carbocycles. The number of nitrogens with zero attached hydrogens (tertiary/aromatic N) is 2. The predicted molar refractivity (Wildman–Crippen MR) is 56.2 cm³/mol. The Morgan fingerprint density at radius 2 is 2.23 bits per heavy atom. The van der Waals surface area contributed by atoms with Crippen molar-refractivity contribution in [3.63, 3.8) is 0 Å². The van der Waals surface area contributed by atoms with Crippen LogP contribution in [-0.4, -0.2) is 9.55 Å². The molecule has 0 spiro atoms. The summed E-state index contributed by atoms with van der Waals surface area (Å²) < 4.78 is 15.5. The molecule has 0 amide bonds. The van der Waals surface area contributed by atoms with Crippen LogP contribution in [0.1, 0.15) is 0 Å². The zero-order valence-electron chi connectivity index (χ0n) is 6.61.